The fourth-order valence-electron chi connectivity index (χ4n) is 2.82. The number of carbonyl (C=O) groups is 1. The Hall–Kier alpha value is -3.57. The first kappa shape index (κ1) is 17.8. The van der Waals surface area contributed by atoms with Crippen LogP contribution in [-0.4, -0.2) is 6.03 Å². The molecule has 0 aliphatic carbocycles. The maximum Gasteiger partial charge on any atom is 0.323 e. The summed E-state index contributed by atoms with van der Waals surface area (Å²) < 4.78 is 5.85. The van der Waals surface area contributed by atoms with E-state index in [1.54, 1.807) is 60.7 Å². The van der Waals surface area contributed by atoms with Gasteiger partial charge in [-0.05, 0) is 48.5 Å². The number of carbonyl (C=O) groups excluding carboxylic acids is 1. The second kappa shape index (κ2) is 7.58. The van der Waals surface area contributed by atoms with Crippen molar-refractivity contribution in [3.8, 4) is 11.3 Å². The Morgan fingerprint density at radius 2 is 1.57 bits per heavy atom. The molecule has 0 unspecified atom stereocenters. The molecular formula is C22H15ClN2O3. The number of halogens is 1. The molecule has 0 fully saturated rings. The van der Waals surface area contributed by atoms with Crippen molar-refractivity contribution >= 4 is 40.0 Å². The molecule has 0 saturated carbocycles. The predicted octanol–water partition coefficient (Wildman–Crippen LogP) is 5.76. The van der Waals surface area contributed by atoms with E-state index in [4.69, 9.17) is 16.0 Å². The highest BCUT2D eigenvalue weighted by molar-refractivity contribution is 6.30. The Labute approximate surface area is 165 Å². The van der Waals surface area contributed by atoms with Gasteiger partial charge in [0, 0.05) is 28.0 Å². The van der Waals surface area contributed by atoms with Crippen molar-refractivity contribution in [2.75, 3.05) is 10.6 Å². The van der Waals surface area contributed by atoms with Crippen LogP contribution in [0.25, 0.3) is 22.3 Å². The maximum atomic E-state index is 12.3. The third-order valence-corrected chi connectivity index (χ3v) is 4.39. The van der Waals surface area contributed by atoms with Gasteiger partial charge in [-0.15, -0.1) is 0 Å². The van der Waals surface area contributed by atoms with Crippen LogP contribution in [0, 0.1) is 0 Å². The summed E-state index contributed by atoms with van der Waals surface area (Å²) in [4.78, 5) is 24.5. The SMILES string of the molecule is O=C(Nc1ccc(Cl)cc1)Nc1cccc(-c2cc(=O)c3ccccc3o2)c1. The lowest BCUT2D eigenvalue weighted by atomic mass is 10.1. The van der Waals surface area contributed by atoms with Gasteiger partial charge in [0.15, 0.2) is 5.43 Å². The molecule has 0 radical (unpaired) electrons. The minimum Gasteiger partial charge on any atom is -0.456 e. The van der Waals surface area contributed by atoms with Crippen LogP contribution in [0.4, 0.5) is 16.2 Å². The first-order chi connectivity index (χ1) is 13.6. The molecular weight excluding hydrogens is 376 g/mol. The third kappa shape index (κ3) is 3.89. The number of benzene rings is 3. The van der Waals surface area contributed by atoms with E-state index in [1.165, 1.54) is 6.07 Å². The first-order valence-corrected chi connectivity index (χ1v) is 8.93. The van der Waals surface area contributed by atoms with Crippen LogP contribution in [0.15, 0.2) is 88.1 Å². The average molecular weight is 391 g/mol. The van der Waals surface area contributed by atoms with Gasteiger partial charge in [0.05, 0.1) is 5.39 Å². The number of hydrogen-bond acceptors (Lipinski definition) is 3. The standard InChI is InChI=1S/C22H15ClN2O3/c23-15-8-10-16(11-9-15)24-22(27)25-17-5-3-4-14(12-17)21-13-19(26)18-6-1-2-7-20(18)28-21/h1-13H,(H2,24,25,27). The molecule has 4 rings (SSSR count). The van der Waals surface area contributed by atoms with E-state index in [0.29, 0.717) is 38.7 Å². The van der Waals surface area contributed by atoms with Crippen LogP contribution < -0.4 is 16.1 Å². The minimum atomic E-state index is -0.389. The molecule has 138 valence electrons. The van der Waals surface area contributed by atoms with Crippen molar-refractivity contribution in [3.05, 3.63) is 94.1 Å². The lowest BCUT2D eigenvalue weighted by Gasteiger charge is -2.09. The van der Waals surface area contributed by atoms with Crippen molar-refractivity contribution in [1.82, 2.24) is 0 Å². The lowest BCUT2D eigenvalue weighted by Crippen LogP contribution is -2.19. The van der Waals surface area contributed by atoms with Crippen molar-refractivity contribution in [3.63, 3.8) is 0 Å². The van der Waals surface area contributed by atoms with Gasteiger partial charge in [0.2, 0.25) is 0 Å². The van der Waals surface area contributed by atoms with E-state index < -0.39 is 0 Å². The summed E-state index contributed by atoms with van der Waals surface area (Å²) >= 11 is 5.84. The van der Waals surface area contributed by atoms with Gasteiger partial charge in [-0.3, -0.25) is 4.79 Å². The van der Waals surface area contributed by atoms with Crippen LogP contribution in [0.3, 0.4) is 0 Å². The number of urea groups is 1. The molecule has 2 N–H and O–H groups in total. The quantitative estimate of drug-likeness (QED) is 0.467. The lowest BCUT2D eigenvalue weighted by molar-refractivity contribution is 0.262. The molecule has 28 heavy (non-hydrogen) atoms. The molecule has 1 heterocycles. The number of fused-ring (bicyclic) bond motifs is 1. The number of anilines is 2. The van der Waals surface area contributed by atoms with Crippen molar-refractivity contribution in [1.29, 1.82) is 0 Å². The molecule has 0 saturated heterocycles. The summed E-state index contributed by atoms with van der Waals surface area (Å²) in [6.45, 7) is 0. The highest BCUT2D eigenvalue weighted by atomic mass is 35.5. The number of rotatable bonds is 3. The predicted molar refractivity (Wildman–Crippen MR) is 112 cm³/mol. The van der Waals surface area contributed by atoms with E-state index in [9.17, 15) is 9.59 Å². The zero-order valence-electron chi connectivity index (χ0n) is 14.6. The molecule has 5 nitrogen and oxygen atoms in total. The zero-order valence-corrected chi connectivity index (χ0v) is 15.4. The zero-order chi connectivity index (χ0) is 19.5. The summed E-state index contributed by atoms with van der Waals surface area (Å²) in [5.74, 6) is 0.436. The summed E-state index contributed by atoms with van der Waals surface area (Å²) in [7, 11) is 0. The number of hydrogen-bond donors (Lipinski definition) is 2. The normalized spacial score (nSPS) is 10.6. The van der Waals surface area contributed by atoms with Gasteiger partial charge in [-0.2, -0.15) is 0 Å². The highest BCUT2D eigenvalue weighted by Gasteiger charge is 2.08. The molecule has 1 aromatic heterocycles. The van der Waals surface area contributed by atoms with E-state index >= 15 is 0 Å². The summed E-state index contributed by atoms with van der Waals surface area (Å²) in [6, 6.07) is 22.1. The van der Waals surface area contributed by atoms with Crippen LogP contribution in [0.2, 0.25) is 5.02 Å². The van der Waals surface area contributed by atoms with E-state index in [0.717, 1.165) is 0 Å². The van der Waals surface area contributed by atoms with Gasteiger partial charge < -0.3 is 15.1 Å². The summed E-state index contributed by atoms with van der Waals surface area (Å²) in [6.07, 6.45) is 0. The van der Waals surface area contributed by atoms with Gasteiger partial charge in [-0.1, -0.05) is 35.9 Å². The minimum absolute atomic E-state index is 0.115. The van der Waals surface area contributed by atoms with Gasteiger partial charge >= 0.3 is 6.03 Å². The summed E-state index contributed by atoms with van der Waals surface area (Å²) in [5, 5.41) is 6.62. The van der Waals surface area contributed by atoms with Gasteiger partial charge in [0.1, 0.15) is 11.3 Å². The molecule has 0 atom stereocenters. The molecule has 6 heteroatoms. The van der Waals surface area contributed by atoms with Gasteiger partial charge in [0.25, 0.3) is 0 Å². The maximum absolute atomic E-state index is 12.3. The van der Waals surface area contributed by atoms with E-state index in [2.05, 4.69) is 10.6 Å². The monoisotopic (exact) mass is 390 g/mol. The van der Waals surface area contributed by atoms with Crippen molar-refractivity contribution in [2.45, 2.75) is 0 Å². The fourth-order valence-corrected chi connectivity index (χ4v) is 2.95. The van der Waals surface area contributed by atoms with Crippen LogP contribution >= 0.6 is 11.6 Å². The van der Waals surface area contributed by atoms with E-state index in [-0.39, 0.29) is 11.5 Å². The molecule has 3 aromatic carbocycles. The summed E-state index contributed by atoms with van der Waals surface area (Å²) in [5.41, 5.74) is 2.28. The number of amides is 2. The Balaban J connectivity index is 1.57. The Bertz CT molecular complexity index is 1220. The second-order valence-electron chi connectivity index (χ2n) is 6.14. The molecule has 0 aliphatic rings. The Kier molecular flexibility index (Phi) is 4.83. The topological polar surface area (TPSA) is 71.3 Å². The van der Waals surface area contributed by atoms with Crippen molar-refractivity contribution in [2.24, 2.45) is 0 Å². The molecule has 0 aliphatic heterocycles. The van der Waals surface area contributed by atoms with Gasteiger partial charge in [-0.25, -0.2) is 4.79 Å². The van der Waals surface area contributed by atoms with Crippen molar-refractivity contribution < 1.29 is 9.21 Å². The second-order valence-corrected chi connectivity index (χ2v) is 6.57. The number of nitrogens with one attached hydrogen (secondary N) is 2. The fraction of sp³-hybridized carbons (Fsp3) is 0. The Morgan fingerprint density at radius 1 is 0.821 bits per heavy atom. The first-order valence-electron chi connectivity index (χ1n) is 8.55. The smallest absolute Gasteiger partial charge is 0.323 e. The highest BCUT2D eigenvalue weighted by Crippen LogP contribution is 2.24. The average Bonchev–Trinajstić information content (AvgIpc) is 2.70. The van der Waals surface area contributed by atoms with E-state index in [1.807, 2.05) is 12.1 Å². The van der Waals surface area contributed by atoms with Crippen LogP contribution in [-0.2, 0) is 0 Å². The largest absolute Gasteiger partial charge is 0.456 e. The van der Waals surface area contributed by atoms with Crippen LogP contribution in [0.5, 0.6) is 0 Å². The molecule has 0 spiro atoms. The number of para-hydroxylation sites is 1. The molecule has 2 amide bonds. The van der Waals surface area contributed by atoms with Crippen LogP contribution in [0.1, 0.15) is 0 Å². The third-order valence-electron chi connectivity index (χ3n) is 4.14. The molecule has 0 bridgehead atoms. The molecule has 4 aromatic rings. The Morgan fingerprint density at radius 3 is 2.39 bits per heavy atom.